The van der Waals surface area contributed by atoms with Gasteiger partial charge in [0.05, 0.1) is 0 Å². The Kier molecular flexibility index (Phi) is 5.92. The van der Waals surface area contributed by atoms with E-state index in [0.29, 0.717) is 6.85 Å². The number of para-hydroxylation sites is 2. The number of hydrogen-bond acceptors (Lipinski definition) is 2. The number of rotatable bonds is 5. The van der Waals surface area contributed by atoms with E-state index in [4.69, 9.17) is 4.74 Å². The second-order valence-corrected chi connectivity index (χ2v) is 14.3. The van der Waals surface area contributed by atoms with Gasteiger partial charge in [-0.15, -0.1) is 0 Å². The van der Waals surface area contributed by atoms with E-state index >= 15 is 0 Å². The SMILES string of the molecule is CC/C(B1Nc2ccccc2OC1(CC)CC)=[C](\C)[Sn]([CH3])[CH3]. The summed E-state index contributed by atoms with van der Waals surface area (Å²) >= 11 is -1.36. The zero-order chi connectivity index (χ0) is 16.3. The first-order chi connectivity index (χ1) is 10.5. The number of nitrogens with one attached hydrogen (secondary N) is 1. The molecule has 0 unspecified atom stereocenters. The van der Waals surface area contributed by atoms with Gasteiger partial charge in [-0.2, -0.15) is 0 Å². The third-order valence-corrected chi connectivity index (χ3v) is 10.4. The third-order valence-electron chi connectivity index (χ3n) is 5.18. The third kappa shape index (κ3) is 3.20. The van der Waals surface area contributed by atoms with E-state index in [1.165, 1.54) is 0 Å². The number of allylic oxidation sites excluding steroid dienone is 2. The maximum absolute atomic E-state index is 6.57. The van der Waals surface area contributed by atoms with Crippen molar-refractivity contribution in [3.8, 4) is 5.75 Å². The second kappa shape index (κ2) is 7.33. The number of ether oxygens (including phenoxy) is 1. The van der Waals surface area contributed by atoms with Crippen LogP contribution >= 0.6 is 0 Å². The van der Waals surface area contributed by atoms with E-state index in [1.807, 2.05) is 0 Å². The van der Waals surface area contributed by atoms with Crippen molar-refractivity contribution in [2.75, 3.05) is 5.23 Å². The van der Waals surface area contributed by atoms with Crippen LogP contribution < -0.4 is 9.96 Å². The molecule has 1 aromatic rings. The maximum atomic E-state index is 6.57. The molecule has 4 heteroatoms. The molecule has 1 radical (unpaired) electrons. The summed E-state index contributed by atoms with van der Waals surface area (Å²) in [5, 5.41) is 3.83. The monoisotopic (exact) mass is 406 g/mol. The van der Waals surface area contributed by atoms with Crippen LogP contribution in [0.4, 0.5) is 5.69 Å². The molecule has 0 bridgehead atoms. The number of hydrogen-bond donors (Lipinski definition) is 1. The van der Waals surface area contributed by atoms with Gasteiger partial charge in [0.15, 0.2) is 0 Å². The summed E-state index contributed by atoms with van der Waals surface area (Å²) in [6, 6.07) is 8.36. The van der Waals surface area contributed by atoms with Crippen molar-refractivity contribution in [2.24, 2.45) is 0 Å². The van der Waals surface area contributed by atoms with Crippen molar-refractivity contribution < 1.29 is 4.74 Å². The Morgan fingerprint density at radius 3 is 2.36 bits per heavy atom. The summed E-state index contributed by atoms with van der Waals surface area (Å²) in [6.45, 7) is 9.48. The minimum atomic E-state index is -1.36. The summed E-state index contributed by atoms with van der Waals surface area (Å²) in [6.07, 6.45) is 3.17. The van der Waals surface area contributed by atoms with Crippen LogP contribution in [0.15, 0.2) is 33.3 Å². The van der Waals surface area contributed by atoms with Crippen LogP contribution in [0.5, 0.6) is 5.75 Å². The normalized spacial score (nSPS) is 17.5. The number of benzene rings is 1. The van der Waals surface area contributed by atoms with Crippen molar-refractivity contribution in [1.82, 2.24) is 0 Å². The summed E-state index contributed by atoms with van der Waals surface area (Å²) in [4.78, 5) is 4.95. The average Bonchev–Trinajstić information content (AvgIpc) is 2.54. The Morgan fingerprint density at radius 2 is 1.82 bits per heavy atom. The van der Waals surface area contributed by atoms with E-state index in [0.717, 1.165) is 30.7 Å². The van der Waals surface area contributed by atoms with Crippen LogP contribution in [-0.4, -0.2) is 32.1 Å². The molecule has 0 aliphatic carbocycles. The molecule has 0 atom stereocenters. The zero-order valence-corrected chi connectivity index (χ0v) is 17.8. The average molecular weight is 405 g/mol. The van der Waals surface area contributed by atoms with Crippen molar-refractivity contribution >= 4 is 32.3 Å². The molecule has 0 fully saturated rings. The Morgan fingerprint density at radius 1 is 1.18 bits per heavy atom. The predicted octanol–water partition coefficient (Wildman–Crippen LogP) is 5.14. The van der Waals surface area contributed by atoms with Gasteiger partial charge >= 0.3 is 144 Å². The summed E-state index contributed by atoms with van der Waals surface area (Å²) in [7, 11) is 0. The Bertz CT molecular complexity index is 552. The summed E-state index contributed by atoms with van der Waals surface area (Å²) in [5.74, 6) is 1.00. The molecule has 2 rings (SSSR count). The van der Waals surface area contributed by atoms with E-state index in [9.17, 15) is 0 Å². The van der Waals surface area contributed by atoms with Gasteiger partial charge in [-0.25, -0.2) is 0 Å². The molecule has 0 amide bonds. The van der Waals surface area contributed by atoms with Crippen molar-refractivity contribution in [3.63, 3.8) is 0 Å². The van der Waals surface area contributed by atoms with Gasteiger partial charge in [0.1, 0.15) is 0 Å². The molecule has 119 valence electrons. The van der Waals surface area contributed by atoms with Gasteiger partial charge in [0.2, 0.25) is 0 Å². The quantitative estimate of drug-likeness (QED) is 0.686. The van der Waals surface area contributed by atoms with E-state index in [2.05, 4.69) is 67.1 Å². The van der Waals surface area contributed by atoms with Crippen molar-refractivity contribution in [2.45, 2.75) is 62.3 Å². The zero-order valence-electron chi connectivity index (χ0n) is 14.9. The van der Waals surface area contributed by atoms with E-state index < -0.39 is 19.8 Å². The first-order valence-corrected chi connectivity index (χ1v) is 15.7. The van der Waals surface area contributed by atoms with Gasteiger partial charge in [-0.05, 0) is 0 Å². The van der Waals surface area contributed by atoms with E-state index in [1.54, 1.807) is 9.06 Å². The molecule has 0 saturated heterocycles. The van der Waals surface area contributed by atoms with Gasteiger partial charge in [0.25, 0.3) is 0 Å². The van der Waals surface area contributed by atoms with Crippen molar-refractivity contribution in [3.05, 3.63) is 33.3 Å². The second-order valence-electron chi connectivity index (χ2n) is 6.45. The van der Waals surface area contributed by atoms with Crippen LogP contribution in [0.25, 0.3) is 0 Å². The molecule has 1 aliphatic heterocycles. The fourth-order valence-corrected chi connectivity index (χ4v) is 6.20. The van der Waals surface area contributed by atoms with Crippen molar-refractivity contribution in [1.29, 1.82) is 0 Å². The van der Waals surface area contributed by atoms with Crippen LogP contribution in [0.2, 0.25) is 9.88 Å². The molecular weight excluding hydrogens is 376 g/mol. The van der Waals surface area contributed by atoms with Crippen LogP contribution in [-0.2, 0) is 0 Å². The first kappa shape index (κ1) is 17.8. The fourth-order valence-electron chi connectivity index (χ4n) is 3.45. The summed E-state index contributed by atoms with van der Waals surface area (Å²) in [5.41, 5.74) is 2.61. The Hall–Kier alpha value is -0.576. The molecule has 1 aromatic carbocycles. The minimum absolute atomic E-state index is 0.125. The predicted molar refractivity (Wildman–Crippen MR) is 100 cm³/mol. The standard InChI is InChI=1S/C16H23BNO.2CH3.Sn/c1-5-13(6-2)17-16(7-3,8-4)19-15-12-10-9-11-14(15)18-17;;;/h9-12,18H,5,7-8H2,1-4H3;2*1H3;. The summed E-state index contributed by atoms with van der Waals surface area (Å²) < 4.78 is 8.26. The first-order valence-electron chi connectivity index (χ1n) is 8.53. The van der Waals surface area contributed by atoms with Gasteiger partial charge in [0, 0.05) is 0 Å². The molecular formula is C18H29BNOSn. The van der Waals surface area contributed by atoms with Crippen LogP contribution in [0, 0.1) is 0 Å². The van der Waals surface area contributed by atoms with Crippen LogP contribution in [0.3, 0.4) is 0 Å². The van der Waals surface area contributed by atoms with Gasteiger partial charge in [-0.1, -0.05) is 0 Å². The number of fused-ring (bicyclic) bond motifs is 1. The van der Waals surface area contributed by atoms with E-state index in [-0.39, 0.29) is 5.50 Å². The topological polar surface area (TPSA) is 21.3 Å². The fraction of sp³-hybridized carbons (Fsp3) is 0.556. The molecule has 0 spiro atoms. The Labute approximate surface area is 143 Å². The number of anilines is 1. The molecule has 1 heterocycles. The molecule has 0 aromatic heterocycles. The van der Waals surface area contributed by atoms with Gasteiger partial charge < -0.3 is 0 Å². The van der Waals surface area contributed by atoms with Crippen LogP contribution in [0.1, 0.15) is 47.0 Å². The molecule has 0 saturated carbocycles. The molecule has 1 aliphatic rings. The molecule has 2 nitrogen and oxygen atoms in total. The Balaban J connectivity index is 2.54. The van der Waals surface area contributed by atoms with Gasteiger partial charge in [-0.3, -0.25) is 0 Å². The molecule has 22 heavy (non-hydrogen) atoms. The molecule has 1 N–H and O–H groups in total.